The van der Waals surface area contributed by atoms with E-state index in [1.807, 2.05) is 0 Å². The van der Waals surface area contributed by atoms with Crippen LogP contribution in [0.3, 0.4) is 0 Å². The molecule has 3 saturated heterocycles. The van der Waals surface area contributed by atoms with Gasteiger partial charge in [-0.25, -0.2) is 9.18 Å². The molecule has 3 aliphatic rings. The molecular formula is C22H29FN4O3. The lowest BCUT2D eigenvalue weighted by Gasteiger charge is -2.44. The molecule has 3 aliphatic heterocycles. The van der Waals surface area contributed by atoms with Gasteiger partial charge in [-0.3, -0.25) is 14.5 Å². The number of carbonyl (C=O) groups excluding carboxylic acids is 3. The van der Waals surface area contributed by atoms with Crippen LogP contribution in [0.2, 0.25) is 0 Å². The molecule has 162 valence electrons. The number of rotatable bonds is 6. The van der Waals surface area contributed by atoms with Crippen molar-refractivity contribution in [1.29, 1.82) is 0 Å². The molecule has 30 heavy (non-hydrogen) atoms. The molecule has 1 aromatic carbocycles. The summed E-state index contributed by atoms with van der Waals surface area (Å²) in [6.07, 6.45) is 5.88. The van der Waals surface area contributed by atoms with Crippen LogP contribution in [0.5, 0.6) is 0 Å². The minimum Gasteiger partial charge on any atom is -0.356 e. The highest BCUT2D eigenvalue weighted by Crippen LogP contribution is 2.30. The van der Waals surface area contributed by atoms with Crippen molar-refractivity contribution in [2.75, 3.05) is 19.6 Å². The lowest BCUT2D eigenvalue weighted by Crippen LogP contribution is -2.51. The molecule has 4 amide bonds. The van der Waals surface area contributed by atoms with Gasteiger partial charge < -0.3 is 15.5 Å². The Bertz CT molecular complexity index is 815. The molecule has 0 aromatic heterocycles. The van der Waals surface area contributed by atoms with E-state index < -0.39 is 23.8 Å². The summed E-state index contributed by atoms with van der Waals surface area (Å²) in [6.45, 7) is 2.90. The maximum atomic E-state index is 13.4. The fourth-order valence-electron chi connectivity index (χ4n) is 5.00. The third-order valence-electron chi connectivity index (χ3n) is 6.52. The first-order chi connectivity index (χ1) is 14.5. The Kier molecular flexibility index (Phi) is 6.32. The van der Waals surface area contributed by atoms with E-state index in [-0.39, 0.29) is 18.9 Å². The van der Waals surface area contributed by atoms with E-state index >= 15 is 0 Å². The number of amides is 4. The number of imide groups is 1. The predicted octanol–water partition coefficient (Wildman–Crippen LogP) is 2.02. The number of halogens is 1. The highest BCUT2D eigenvalue weighted by molar-refractivity contribution is 6.05. The molecule has 0 radical (unpaired) electrons. The summed E-state index contributed by atoms with van der Waals surface area (Å²) in [5.74, 6) is -0.652. The molecule has 0 aliphatic carbocycles. The Labute approximate surface area is 176 Å². The predicted molar refractivity (Wildman–Crippen MR) is 109 cm³/mol. The first-order valence-corrected chi connectivity index (χ1v) is 10.9. The first kappa shape index (κ1) is 20.8. The van der Waals surface area contributed by atoms with Gasteiger partial charge in [-0.05, 0) is 62.4 Å². The van der Waals surface area contributed by atoms with E-state index in [1.54, 1.807) is 6.07 Å². The van der Waals surface area contributed by atoms with E-state index in [9.17, 15) is 18.8 Å². The van der Waals surface area contributed by atoms with Gasteiger partial charge in [0.05, 0.1) is 13.0 Å². The summed E-state index contributed by atoms with van der Waals surface area (Å²) in [5.41, 5.74) is 0.526. The SMILES string of the molecule is O=C(C[C@@H]1NC(=O)N(Cc2cccc(F)c2)C1=O)NC[C@@H]1CCCN2CCCC[C@H]12. The number of hydrogen-bond acceptors (Lipinski definition) is 4. The molecule has 3 fully saturated rings. The van der Waals surface area contributed by atoms with Gasteiger partial charge in [-0.2, -0.15) is 0 Å². The van der Waals surface area contributed by atoms with E-state index in [4.69, 9.17) is 0 Å². The van der Waals surface area contributed by atoms with Crippen LogP contribution >= 0.6 is 0 Å². The molecule has 8 heteroatoms. The highest BCUT2D eigenvalue weighted by atomic mass is 19.1. The fraction of sp³-hybridized carbons (Fsp3) is 0.591. The number of hydrogen-bond donors (Lipinski definition) is 2. The average Bonchev–Trinajstić information content (AvgIpc) is 2.99. The van der Waals surface area contributed by atoms with Gasteiger partial charge in [0.2, 0.25) is 5.91 Å². The highest BCUT2D eigenvalue weighted by Gasteiger charge is 2.39. The van der Waals surface area contributed by atoms with E-state index in [0.29, 0.717) is 24.1 Å². The molecule has 1 aromatic rings. The Balaban J connectivity index is 1.28. The van der Waals surface area contributed by atoms with E-state index in [1.165, 1.54) is 37.5 Å². The molecule has 0 bridgehead atoms. The van der Waals surface area contributed by atoms with Crippen molar-refractivity contribution in [3.8, 4) is 0 Å². The molecule has 0 spiro atoms. The van der Waals surface area contributed by atoms with Gasteiger partial charge in [0.1, 0.15) is 11.9 Å². The number of carbonyl (C=O) groups is 3. The van der Waals surface area contributed by atoms with Gasteiger partial charge in [-0.15, -0.1) is 0 Å². The second kappa shape index (κ2) is 9.12. The first-order valence-electron chi connectivity index (χ1n) is 10.9. The Morgan fingerprint density at radius 3 is 2.83 bits per heavy atom. The minimum absolute atomic E-state index is 0.0138. The largest absolute Gasteiger partial charge is 0.356 e. The smallest absolute Gasteiger partial charge is 0.325 e. The number of nitrogens with zero attached hydrogens (tertiary/aromatic N) is 2. The number of fused-ring (bicyclic) bond motifs is 1. The maximum absolute atomic E-state index is 13.4. The lowest BCUT2D eigenvalue weighted by atomic mass is 9.83. The summed E-state index contributed by atoms with van der Waals surface area (Å²) >= 11 is 0. The van der Waals surface area contributed by atoms with Crippen LogP contribution < -0.4 is 10.6 Å². The van der Waals surface area contributed by atoms with Crippen LogP contribution in [0.15, 0.2) is 24.3 Å². The van der Waals surface area contributed by atoms with Crippen molar-refractivity contribution < 1.29 is 18.8 Å². The van der Waals surface area contributed by atoms with Crippen molar-refractivity contribution in [2.24, 2.45) is 5.92 Å². The molecule has 7 nitrogen and oxygen atoms in total. The third kappa shape index (κ3) is 4.64. The normalized spacial score (nSPS) is 27.0. The maximum Gasteiger partial charge on any atom is 0.325 e. The molecule has 3 atom stereocenters. The molecule has 3 heterocycles. The average molecular weight is 416 g/mol. The summed E-state index contributed by atoms with van der Waals surface area (Å²) < 4.78 is 13.4. The van der Waals surface area contributed by atoms with Crippen LogP contribution in [-0.4, -0.2) is 59.4 Å². The second-order valence-electron chi connectivity index (χ2n) is 8.57. The lowest BCUT2D eigenvalue weighted by molar-refractivity contribution is -0.131. The minimum atomic E-state index is -0.872. The van der Waals surface area contributed by atoms with Crippen LogP contribution in [0, 0.1) is 11.7 Å². The zero-order valence-electron chi connectivity index (χ0n) is 17.1. The number of piperidine rings is 2. The van der Waals surface area contributed by atoms with E-state index in [2.05, 4.69) is 15.5 Å². The van der Waals surface area contributed by atoms with Gasteiger partial charge in [0.25, 0.3) is 5.91 Å². The Morgan fingerprint density at radius 1 is 1.17 bits per heavy atom. The number of nitrogens with one attached hydrogen (secondary N) is 2. The Hall–Kier alpha value is -2.48. The zero-order chi connectivity index (χ0) is 21.1. The summed E-state index contributed by atoms with van der Waals surface area (Å²) in [5, 5.41) is 5.56. The number of benzene rings is 1. The topological polar surface area (TPSA) is 81.8 Å². The van der Waals surface area contributed by atoms with Gasteiger partial charge >= 0.3 is 6.03 Å². The summed E-state index contributed by atoms with van der Waals surface area (Å²) in [4.78, 5) is 40.8. The summed E-state index contributed by atoms with van der Waals surface area (Å²) in [6, 6.07) is 4.91. The molecule has 0 unspecified atom stereocenters. The van der Waals surface area contributed by atoms with Crippen molar-refractivity contribution in [3.63, 3.8) is 0 Å². The van der Waals surface area contributed by atoms with Crippen LogP contribution in [0.1, 0.15) is 44.1 Å². The standard InChI is InChI=1S/C22H29FN4O3/c23-17-7-3-5-15(11-17)14-27-21(29)18(25-22(27)30)12-20(28)24-13-16-6-4-10-26-9-2-1-8-19(16)26/h3,5,7,11,16,18-19H,1-2,4,6,8-10,12-14H2,(H,24,28)(H,25,30)/t16-,18-,19+/m0/s1. The van der Waals surface area contributed by atoms with Gasteiger partial charge in [-0.1, -0.05) is 18.6 Å². The monoisotopic (exact) mass is 416 g/mol. The molecule has 2 N–H and O–H groups in total. The quantitative estimate of drug-likeness (QED) is 0.696. The number of urea groups is 1. The van der Waals surface area contributed by atoms with Crippen molar-refractivity contribution in [2.45, 2.75) is 57.2 Å². The fourth-order valence-corrected chi connectivity index (χ4v) is 5.00. The van der Waals surface area contributed by atoms with Crippen molar-refractivity contribution in [1.82, 2.24) is 20.4 Å². The van der Waals surface area contributed by atoms with Crippen LogP contribution in [-0.2, 0) is 16.1 Å². The van der Waals surface area contributed by atoms with Crippen LogP contribution in [0.25, 0.3) is 0 Å². The van der Waals surface area contributed by atoms with E-state index in [0.717, 1.165) is 30.8 Å². The van der Waals surface area contributed by atoms with Crippen molar-refractivity contribution in [3.05, 3.63) is 35.6 Å². The van der Waals surface area contributed by atoms with Gasteiger partial charge in [0.15, 0.2) is 0 Å². The second-order valence-corrected chi connectivity index (χ2v) is 8.57. The van der Waals surface area contributed by atoms with Crippen LogP contribution in [0.4, 0.5) is 9.18 Å². The molecule has 4 rings (SSSR count). The van der Waals surface area contributed by atoms with Crippen molar-refractivity contribution >= 4 is 17.8 Å². The molecule has 0 saturated carbocycles. The third-order valence-corrected chi connectivity index (χ3v) is 6.52. The zero-order valence-corrected chi connectivity index (χ0v) is 17.1. The summed E-state index contributed by atoms with van der Waals surface area (Å²) in [7, 11) is 0. The Morgan fingerprint density at radius 2 is 2.00 bits per heavy atom. The molecular weight excluding hydrogens is 387 g/mol. The van der Waals surface area contributed by atoms with Gasteiger partial charge in [0, 0.05) is 12.6 Å².